The number of benzene rings is 3. The molecule has 6 nitrogen and oxygen atoms in total. The van der Waals surface area contributed by atoms with Crippen LogP contribution < -0.4 is 20.7 Å². The van der Waals surface area contributed by atoms with Crippen LogP contribution in [0.3, 0.4) is 0 Å². The molecule has 0 radical (unpaired) electrons. The largest absolute Gasteiger partial charge is 0.497 e. The molecule has 3 aromatic rings. The average molecular weight is 403 g/mol. The third kappa shape index (κ3) is 5.61. The van der Waals surface area contributed by atoms with Crippen LogP contribution in [-0.4, -0.2) is 25.5 Å². The van der Waals surface area contributed by atoms with Crippen LogP contribution in [0.25, 0.3) is 0 Å². The van der Waals surface area contributed by atoms with Crippen LogP contribution >= 0.6 is 0 Å². The van der Waals surface area contributed by atoms with Gasteiger partial charge in [0.05, 0.1) is 25.3 Å². The summed E-state index contributed by atoms with van der Waals surface area (Å²) in [7, 11) is 1.59. The molecule has 0 heterocycles. The lowest BCUT2D eigenvalue weighted by Crippen LogP contribution is -2.32. The predicted octanol–water partition coefficient (Wildman–Crippen LogP) is 4.24. The highest BCUT2D eigenvalue weighted by Gasteiger charge is 2.13. The molecular weight excluding hydrogens is 378 g/mol. The first-order chi connectivity index (χ1) is 14.6. The van der Waals surface area contributed by atoms with Crippen molar-refractivity contribution in [3.05, 3.63) is 90.0 Å². The maximum atomic E-state index is 12.7. The van der Waals surface area contributed by atoms with E-state index in [1.54, 1.807) is 49.6 Å². The second-order valence-electron chi connectivity index (χ2n) is 6.78. The van der Waals surface area contributed by atoms with E-state index < -0.39 is 0 Å². The Hall–Kier alpha value is -3.80. The molecule has 6 heteroatoms. The van der Waals surface area contributed by atoms with Crippen LogP contribution in [0.2, 0.25) is 0 Å². The van der Waals surface area contributed by atoms with Gasteiger partial charge in [0.1, 0.15) is 5.75 Å². The van der Waals surface area contributed by atoms with Gasteiger partial charge in [-0.15, -0.1) is 0 Å². The van der Waals surface area contributed by atoms with Crippen LogP contribution in [-0.2, 0) is 4.79 Å². The molecular formula is C24H25N3O3. The van der Waals surface area contributed by atoms with E-state index in [4.69, 9.17) is 4.74 Å². The maximum Gasteiger partial charge on any atom is 0.257 e. The van der Waals surface area contributed by atoms with Gasteiger partial charge in [-0.05, 0) is 48.9 Å². The van der Waals surface area contributed by atoms with E-state index in [1.807, 2.05) is 43.3 Å². The lowest BCUT2D eigenvalue weighted by atomic mass is 10.1. The van der Waals surface area contributed by atoms with Crippen molar-refractivity contribution < 1.29 is 14.3 Å². The van der Waals surface area contributed by atoms with Gasteiger partial charge in [0, 0.05) is 11.4 Å². The standard InChI is InChI=1S/C24H25N3O3/c1-17(18-8-4-3-5-9-18)26-23(28)16-25-22-11-7-6-10-21(22)24(29)27-19-12-14-20(30-2)15-13-19/h3-15,17,25H,16H2,1-2H3,(H,26,28)(H,27,29)/t17-/m1/s1. The number of para-hydroxylation sites is 1. The van der Waals surface area contributed by atoms with Crippen molar-refractivity contribution in [3.8, 4) is 5.75 Å². The number of anilines is 2. The van der Waals surface area contributed by atoms with E-state index in [9.17, 15) is 9.59 Å². The molecule has 3 rings (SSSR count). The van der Waals surface area contributed by atoms with Crippen molar-refractivity contribution in [2.45, 2.75) is 13.0 Å². The molecule has 1 atom stereocenters. The quantitative estimate of drug-likeness (QED) is 0.526. The lowest BCUT2D eigenvalue weighted by molar-refractivity contribution is -0.120. The minimum Gasteiger partial charge on any atom is -0.497 e. The van der Waals surface area contributed by atoms with Gasteiger partial charge in [-0.25, -0.2) is 0 Å². The number of amides is 2. The van der Waals surface area contributed by atoms with Gasteiger partial charge in [0.2, 0.25) is 5.91 Å². The number of nitrogens with one attached hydrogen (secondary N) is 3. The molecule has 0 aliphatic carbocycles. The summed E-state index contributed by atoms with van der Waals surface area (Å²) in [6.07, 6.45) is 0. The van der Waals surface area contributed by atoms with Crippen molar-refractivity contribution in [2.24, 2.45) is 0 Å². The highest BCUT2D eigenvalue weighted by molar-refractivity contribution is 6.08. The summed E-state index contributed by atoms with van der Waals surface area (Å²) in [6, 6.07) is 23.8. The summed E-state index contributed by atoms with van der Waals surface area (Å²) in [5.41, 5.74) is 2.73. The fourth-order valence-electron chi connectivity index (χ4n) is 3.00. The van der Waals surface area contributed by atoms with Crippen molar-refractivity contribution >= 4 is 23.2 Å². The highest BCUT2D eigenvalue weighted by atomic mass is 16.5. The third-order valence-electron chi connectivity index (χ3n) is 4.64. The number of hydrogen-bond donors (Lipinski definition) is 3. The van der Waals surface area contributed by atoms with Gasteiger partial charge in [-0.1, -0.05) is 42.5 Å². The number of methoxy groups -OCH3 is 1. The van der Waals surface area contributed by atoms with E-state index in [2.05, 4.69) is 16.0 Å². The zero-order chi connectivity index (χ0) is 21.3. The van der Waals surface area contributed by atoms with E-state index >= 15 is 0 Å². The van der Waals surface area contributed by atoms with Crippen molar-refractivity contribution in [1.82, 2.24) is 5.32 Å². The van der Waals surface area contributed by atoms with E-state index in [1.165, 1.54) is 0 Å². The lowest BCUT2D eigenvalue weighted by Gasteiger charge is -2.16. The number of carbonyl (C=O) groups excluding carboxylic acids is 2. The minimum absolute atomic E-state index is 0.0595. The Morgan fingerprint density at radius 1 is 0.900 bits per heavy atom. The number of ether oxygens (including phenoxy) is 1. The van der Waals surface area contributed by atoms with Gasteiger partial charge in [-0.2, -0.15) is 0 Å². The van der Waals surface area contributed by atoms with Crippen molar-refractivity contribution in [2.75, 3.05) is 24.3 Å². The molecule has 0 saturated heterocycles. The Bertz CT molecular complexity index is 988. The zero-order valence-corrected chi connectivity index (χ0v) is 17.0. The second-order valence-corrected chi connectivity index (χ2v) is 6.78. The molecule has 0 aliphatic heterocycles. The molecule has 30 heavy (non-hydrogen) atoms. The normalized spacial score (nSPS) is 11.3. The molecule has 0 bridgehead atoms. The molecule has 0 aliphatic rings. The van der Waals surface area contributed by atoms with Crippen molar-refractivity contribution in [3.63, 3.8) is 0 Å². The Labute approximate surface area is 176 Å². The summed E-state index contributed by atoms with van der Waals surface area (Å²) in [6.45, 7) is 1.99. The van der Waals surface area contributed by atoms with Crippen molar-refractivity contribution in [1.29, 1.82) is 0 Å². The SMILES string of the molecule is COc1ccc(NC(=O)c2ccccc2NCC(=O)N[C@H](C)c2ccccc2)cc1. The topological polar surface area (TPSA) is 79.5 Å². The summed E-state index contributed by atoms with van der Waals surface area (Å²) >= 11 is 0. The Balaban J connectivity index is 1.60. The number of hydrogen-bond acceptors (Lipinski definition) is 4. The molecule has 3 aromatic carbocycles. The Kier molecular flexibility index (Phi) is 7.05. The second kappa shape index (κ2) is 10.1. The van der Waals surface area contributed by atoms with E-state index in [0.717, 1.165) is 5.56 Å². The Morgan fingerprint density at radius 2 is 1.57 bits per heavy atom. The monoisotopic (exact) mass is 403 g/mol. The smallest absolute Gasteiger partial charge is 0.257 e. The zero-order valence-electron chi connectivity index (χ0n) is 17.0. The summed E-state index contributed by atoms with van der Waals surface area (Å²) < 4.78 is 5.13. The maximum absolute atomic E-state index is 12.7. The molecule has 0 saturated carbocycles. The number of carbonyl (C=O) groups is 2. The summed E-state index contributed by atoms with van der Waals surface area (Å²) in [4.78, 5) is 25.1. The summed E-state index contributed by atoms with van der Waals surface area (Å²) in [5.74, 6) is 0.295. The first kappa shape index (κ1) is 20.9. The average Bonchev–Trinajstić information content (AvgIpc) is 2.79. The van der Waals surface area contributed by atoms with Crippen LogP contribution in [0.5, 0.6) is 5.75 Å². The third-order valence-corrected chi connectivity index (χ3v) is 4.64. The van der Waals surface area contributed by atoms with Crippen LogP contribution in [0, 0.1) is 0 Å². The van der Waals surface area contributed by atoms with Crippen LogP contribution in [0.15, 0.2) is 78.9 Å². The molecule has 2 amide bonds. The predicted molar refractivity (Wildman–Crippen MR) is 119 cm³/mol. The van der Waals surface area contributed by atoms with Crippen LogP contribution in [0.1, 0.15) is 28.9 Å². The fourth-order valence-corrected chi connectivity index (χ4v) is 3.00. The highest BCUT2D eigenvalue weighted by Crippen LogP contribution is 2.19. The molecule has 0 aromatic heterocycles. The van der Waals surface area contributed by atoms with Gasteiger partial charge in [-0.3, -0.25) is 9.59 Å². The summed E-state index contributed by atoms with van der Waals surface area (Å²) in [5, 5.41) is 8.87. The molecule has 0 unspecified atom stereocenters. The molecule has 0 fully saturated rings. The van der Waals surface area contributed by atoms with Gasteiger partial charge in [0.25, 0.3) is 5.91 Å². The molecule has 0 spiro atoms. The first-order valence-electron chi connectivity index (χ1n) is 9.69. The molecule has 154 valence electrons. The van der Waals surface area contributed by atoms with Gasteiger partial charge < -0.3 is 20.7 Å². The van der Waals surface area contributed by atoms with E-state index in [0.29, 0.717) is 22.7 Å². The van der Waals surface area contributed by atoms with E-state index in [-0.39, 0.29) is 24.4 Å². The van der Waals surface area contributed by atoms with Crippen LogP contribution in [0.4, 0.5) is 11.4 Å². The fraction of sp³-hybridized carbons (Fsp3) is 0.167. The first-order valence-corrected chi connectivity index (χ1v) is 9.69. The Morgan fingerprint density at radius 3 is 2.27 bits per heavy atom. The van der Waals surface area contributed by atoms with Gasteiger partial charge >= 0.3 is 0 Å². The molecule has 3 N–H and O–H groups in total. The van der Waals surface area contributed by atoms with Gasteiger partial charge in [0.15, 0.2) is 0 Å². The number of rotatable bonds is 8. The minimum atomic E-state index is -0.263.